The Morgan fingerprint density at radius 2 is 0.814 bits per heavy atom. The fourth-order valence-corrected chi connectivity index (χ4v) is 9.76. The van der Waals surface area contributed by atoms with Gasteiger partial charge in [0.2, 0.25) is 17.7 Å². The van der Waals surface area contributed by atoms with Gasteiger partial charge in [0.1, 0.15) is 0 Å². The molecule has 5 aliphatic rings. The third kappa shape index (κ3) is 8.40. The van der Waals surface area contributed by atoms with Crippen LogP contribution in [0.15, 0.2) is 115 Å². The highest BCUT2D eigenvalue weighted by atomic mass is 16.2. The van der Waals surface area contributed by atoms with Crippen molar-refractivity contribution in [3.63, 3.8) is 0 Å². The third-order valence-corrected chi connectivity index (χ3v) is 13.4. The van der Waals surface area contributed by atoms with Gasteiger partial charge in [-0.15, -0.1) is 0 Å². The Labute approximate surface area is 346 Å². The molecule has 304 valence electrons. The highest BCUT2D eigenvalue weighted by Crippen LogP contribution is 2.43. The second kappa shape index (κ2) is 16.5. The van der Waals surface area contributed by atoms with Crippen molar-refractivity contribution in [3.8, 4) is 0 Å². The molecule has 2 aliphatic heterocycles. The third-order valence-electron chi connectivity index (χ3n) is 13.4. The fourth-order valence-electron chi connectivity index (χ4n) is 9.76. The van der Waals surface area contributed by atoms with Crippen molar-refractivity contribution in [1.29, 1.82) is 0 Å². The van der Waals surface area contributed by atoms with Crippen LogP contribution >= 0.6 is 0 Å². The topological polar surface area (TPSA) is 128 Å². The van der Waals surface area contributed by atoms with E-state index in [1.54, 1.807) is 34.1 Å². The van der Waals surface area contributed by atoms with Gasteiger partial charge in [0.25, 0.3) is 11.8 Å². The van der Waals surface area contributed by atoms with Crippen LogP contribution < -0.4 is 16.0 Å². The monoisotopic (exact) mass is 791 g/mol. The molecule has 0 bridgehead atoms. The SMILES string of the molecule is CCC[C@@H]1CN(C(=O)c2ccc(C(=O)N3C[C@@H](C(=O)N[C@H]4C[C@@H]4c4ccccc4)[C@H](C(=O)N[C@H]4C[C@@H]4c4ccccc4)C3)cc2)C[C@H]1C(=O)N[C@H]1C[C@@H]1c1ccccc1. The van der Waals surface area contributed by atoms with Crippen LogP contribution in [0.1, 0.15) is 94.2 Å². The Bertz CT molecular complexity index is 2110. The summed E-state index contributed by atoms with van der Waals surface area (Å²) in [6, 6.07) is 37.3. The maximum Gasteiger partial charge on any atom is 0.253 e. The molecule has 3 N–H and O–H groups in total. The second-order valence-electron chi connectivity index (χ2n) is 17.5. The predicted octanol–water partition coefficient (Wildman–Crippen LogP) is 5.88. The average molecular weight is 792 g/mol. The minimum absolute atomic E-state index is 0.00273. The number of carbonyl (C=O) groups excluding carboxylic acids is 5. The van der Waals surface area contributed by atoms with Gasteiger partial charge < -0.3 is 25.8 Å². The maximum absolute atomic E-state index is 14.0. The first-order valence-corrected chi connectivity index (χ1v) is 21.5. The lowest BCUT2D eigenvalue weighted by Crippen LogP contribution is -2.43. The predicted molar refractivity (Wildman–Crippen MR) is 224 cm³/mol. The molecule has 9 rings (SSSR count). The Kier molecular flexibility index (Phi) is 10.8. The first-order chi connectivity index (χ1) is 28.7. The number of hydrogen-bond acceptors (Lipinski definition) is 5. The lowest BCUT2D eigenvalue weighted by molar-refractivity contribution is -0.133. The quantitative estimate of drug-likeness (QED) is 0.156. The minimum atomic E-state index is -0.689. The zero-order chi connectivity index (χ0) is 40.6. The lowest BCUT2D eigenvalue weighted by Gasteiger charge is -2.18. The summed E-state index contributed by atoms with van der Waals surface area (Å²) in [5.41, 5.74) is 4.44. The maximum atomic E-state index is 14.0. The summed E-state index contributed by atoms with van der Waals surface area (Å²) in [6.07, 6.45) is 4.40. The number of rotatable bonds is 13. The van der Waals surface area contributed by atoms with E-state index >= 15 is 0 Å². The number of benzene rings is 4. The van der Waals surface area contributed by atoms with Gasteiger partial charge in [0.05, 0.1) is 17.8 Å². The van der Waals surface area contributed by atoms with Crippen LogP contribution in [0.5, 0.6) is 0 Å². The van der Waals surface area contributed by atoms with Gasteiger partial charge >= 0.3 is 0 Å². The number of carbonyl (C=O) groups is 5. The van der Waals surface area contributed by atoms with Gasteiger partial charge in [0, 0.05) is 73.2 Å². The molecule has 4 aromatic rings. The smallest absolute Gasteiger partial charge is 0.253 e. The van der Waals surface area contributed by atoms with Crippen molar-refractivity contribution < 1.29 is 24.0 Å². The normalized spacial score (nSPS) is 29.0. The molecule has 0 radical (unpaired) electrons. The van der Waals surface area contributed by atoms with Crippen molar-refractivity contribution in [2.75, 3.05) is 26.2 Å². The highest BCUT2D eigenvalue weighted by molar-refractivity contribution is 5.99. The summed E-state index contributed by atoms with van der Waals surface area (Å²) in [5, 5.41) is 9.66. The van der Waals surface area contributed by atoms with Crippen molar-refractivity contribution in [3.05, 3.63) is 143 Å². The molecule has 5 amide bonds. The lowest BCUT2D eigenvalue weighted by atomic mass is 9.91. The van der Waals surface area contributed by atoms with Crippen LogP contribution in [0, 0.1) is 23.7 Å². The van der Waals surface area contributed by atoms with Crippen LogP contribution in [0.4, 0.5) is 0 Å². The number of likely N-dealkylation sites (tertiary alicyclic amines) is 2. The molecule has 0 unspecified atom stereocenters. The molecule has 59 heavy (non-hydrogen) atoms. The van der Waals surface area contributed by atoms with E-state index in [1.165, 1.54) is 16.7 Å². The van der Waals surface area contributed by atoms with Gasteiger partial charge in [-0.1, -0.05) is 104 Å². The van der Waals surface area contributed by atoms with E-state index in [4.69, 9.17) is 0 Å². The first kappa shape index (κ1) is 38.7. The molecular formula is C49H53N5O5. The van der Waals surface area contributed by atoms with Gasteiger partial charge in [0.15, 0.2) is 0 Å². The summed E-state index contributed by atoms with van der Waals surface area (Å²) in [5.74, 6) is -1.58. The summed E-state index contributed by atoms with van der Waals surface area (Å²) < 4.78 is 0. The Morgan fingerprint density at radius 3 is 1.19 bits per heavy atom. The molecule has 0 spiro atoms. The van der Waals surface area contributed by atoms with E-state index in [0.29, 0.717) is 30.1 Å². The molecule has 4 aromatic carbocycles. The zero-order valence-corrected chi connectivity index (χ0v) is 33.5. The first-order valence-electron chi connectivity index (χ1n) is 21.5. The molecule has 0 aromatic heterocycles. The molecule has 2 saturated heterocycles. The summed E-state index contributed by atoms with van der Waals surface area (Å²) in [6.45, 7) is 3.23. The molecule has 2 heterocycles. The van der Waals surface area contributed by atoms with Crippen molar-refractivity contribution in [2.45, 2.75) is 74.9 Å². The molecule has 3 saturated carbocycles. The number of hydrogen-bond donors (Lipinski definition) is 3. The van der Waals surface area contributed by atoms with E-state index < -0.39 is 11.8 Å². The van der Waals surface area contributed by atoms with Gasteiger partial charge in [-0.3, -0.25) is 24.0 Å². The average Bonchev–Trinajstić information content (AvgIpc) is 4.24. The summed E-state index contributed by atoms with van der Waals surface area (Å²) >= 11 is 0. The molecule has 10 nitrogen and oxygen atoms in total. The van der Waals surface area contributed by atoms with Gasteiger partial charge in [-0.05, 0) is 72.6 Å². The second-order valence-corrected chi connectivity index (χ2v) is 17.5. The zero-order valence-electron chi connectivity index (χ0n) is 33.5. The van der Waals surface area contributed by atoms with Crippen LogP contribution in [-0.4, -0.2) is 83.6 Å². The Morgan fingerprint density at radius 1 is 0.475 bits per heavy atom. The molecular weight excluding hydrogens is 739 g/mol. The van der Waals surface area contributed by atoms with Crippen LogP contribution in [0.3, 0.4) is 0 Å². The molecule has 10 atom stereocenters. The standard InChI is InChI=1S/C49H53N5O5/c1-2-12-35-26-53(27-39(35)45(55)50-42-23-36(42)30-13-6-3-7-14-30)48(58)33-19-21-34(22-20-33)49(59)54-28-40(46(56)51-43-24-37(43)31-15-8-4-9-16-31)41(29-54)47(57)52-44-25-38(44)32-17-10-5-11-18-32/h3-11,13-22,35-44H,2,12,23-29H2,1H3,(H,50,55)(H,51,56)(H,52,57)/t35-,36-,37-,38-,39-,40-,41-,42+,43+,44+/m1/s1. The highest BCUT2D eigenvalue weighted by Gasteiger charge is 2.49. The Hall–Kier alpha value is -5.77. The van der Waals surface area contributed by atoms with Gasteiger partial charge in [-0.25, -0.2) is 0 Å². The minimum Gasteiger partial charge on any atom is -0.352 e. The molecule has 5 fully saturated rings. The van der Waals surface area contributed by atoms with Crippen LogP contribution in [-0.2, 0) is 14.4 Å². The van der Waals surface area contributed by atoms with Crippen LogP contribution in [0.2, 0.25) is 0 Å². The molecule has 10 heteroatoms. The van der Waals surface area contributed by atoms with Crippen molar-refractivity contribution >= 4 is 29.5 Å². The number of nitrogens with one attached hydrogen (secondary N) is 3. The van der Waals surface area contributed by atoms with Gasteiger partial charge in [-0.2, -0.15) is 0 Å². The van der Waals surface area contributed by atoms with Crippen molar-refractivity contribution in [2.24, 2.45) is 23.7 Å². The van der Waals surface area contributed by atoms with E-state index in [1.807, 2.05) is 54.6 Å². The van der Waals surface area contributed by atoms with E-state index in [-0.39, 0.29) is 84.4 Å². The van der Waals surface area contributed by atoms with Crippen molar-refractivity contribution in [1.82, 2.24) is 25.8 Å². The van der Waals surface area contributed by atoms with E-state index in [9.17, 15) is 24.0 Å². The Balaban J connectivity index is 0.838. The summed E-state index contributed by atoms with van der Waals surface area (Å²) in [4.78, 5) is 72.6. The number of amides is 5. The van der Waals surface area contributed by atoms with E-state index in [2.05, 4.69) is 59.3 Å². The summed E-state index contributed by atoms with van der Waals surface area (Å²) in [7, 11) is 0. The fraction of sp³-hybridized carbons (Fsp3) is 0.408. The van der Waals surface area contributed by atoms with Crippen LogP contribution in [0.25, 0.3) is 0 Å². The number of nitrogens with zero attached hydrogens (tertiary/aromatic N) is 2. The van der Waals surface area contributed by atoms with E-state index in [0.717, 1.165) is 32.1 Å². The largest absolute Gasteiger partial charge is 0.352 e. The molecule has 3 aliphatic carbocycles.